The van der Waals surface area contributed by atoms with Crippen LogP contribution in [0.25, 0.3) is 0 Å². The van der Waals surface area contributed by atoms with Crippen molar-refractivity contribution in [2.24, 2.45) is 5.92 Å². The maximum absolute atomic E-state index is 9.85. The maximum Gasteiger partial charge on any atom is 0.101 e. The van der Waals surface area contributed by atoms with E-state index in [0.29, 0.717) is 35.3 Å². The van der Waals surface area contributed by atoms with Gasteiger partial charge in [-0.2, -0.15) is 5.26 Å². The molecule has 21 heavy (non-hydrogen) atoms. The van der Waals surface area contributed by atoms with Crippen LogP contribution in [0.1, 0.15) is 32.3 Å². The number of benzene rings is 1. The van der Waals surface area contributed by atoms with Crippen LogP contribution < -0.4 is 5.32 Å². The van der Waals surface area contributed by atoms with Crippen molar-refractivity contribution in [2.75, 3.05) is 25.1 Å². The van der Waals surface area contributed by atoms with Gasteiger partial charge in [-0.3, -0.25) is 0 Å². The van der Waals surface area contributed by atoms with Gasteiger partial charge in [-0.25, -0.2) is 0 Å². The maximum atomic E-state index is 9.85. The van der Waals surface area contributed by atoms with Gasteiger partial charge in [0.2, 0.25) is 0 Å². The summed E-state index contributed by atoms with van der Waals surface area (Å²) in [4.78, 5) is 0. The number of halogens is 1. The lowest BCUT2D eigenvalue weighted by Gasteiger charge is -2.14. The van der Waals surface area contributed by atoms with Crippen molar-refractivity contribution < 1.29 is 9.84 Å². The summed E-state index contributed by atoms with van der Waals surface area (Å²) in [5.74, 6) is 0.674. The quantitative estimate of drug-likeness (QED) is 0.686. The molecular formula is C16H23ClN2O2. The van der Waals surface area contributed by atoms with Crippen LogP contribution in [0.5, 0.6) is 0 Å². The Morgan fingerprint density at radius 1 is 1.43 bits per heavy atom. The molecule has 0 radical (unpaired) electrons. The molecule has 0 aliphatic carbocycles. The molecule has 0 saturated carbocycles. The van der Waals surface area contributed by atoms with Crippen LogP contribution >= 0.6 is 11.6 Å². The van der Waals surface area contributed by atoms with Crippen molar-refractivity contribution in [1.29, 1.82) is 5.26 Å². The Morgan fingerprint density at radius 3 is 2.86 bits per heavy atom. The molecule has 116 valence electrons. The van der Waals surface area contributed by atoms with Crippen LogP contribution in [-0.2, 0) is 4.74 Å². The van der Waals surface area contributed by atoms with E-state index in [-0.39, 0.29) is 6.61 Å². The van der Waals surface area contributed by atoms with Crippen LogP contribution in [0.2, 0.25) is 5.02 Å². The summed E-state index contributed by atoms with van der Waals surface area (Å²) in [7, 11) is 0. The van der Waals surface area contributed by atoms with Gasteiger partial charge in [0.05, 0.1) is 24.0 Å². The Hall–Kier alpha value is -1.28. The van der Waals surface area contributed by atoms with Crippen LogP contribution in [0.3, 0.4) is 0 Å². The monoisotopic (exact) mass is 310 g/mol. The molecular weight excluding hydrogens is 288 g/mol. The van der Waals surface area contributed by atoms with Gasteiger partial charge >= 0.3 is 0 Å². The van der Waals surface area contributed by atoms with E-state index >= 15 is 0 Å². The van der Waals surface area contributed by atoms with Crippen molar-refractivity contribution in [3.05, 3.63) is 28.8 Å². The number of nitrogens with one attached hydrogen (secondary N) is 1. The fraction of sp³-hybridized carbons (Fsp3) is 0.562. The Labute approximate surface area is 131 Å². The molecule has 0 aliphatic heterocycles. The van der Waals surface area contributed by atoms with Crippen molar-refractivity contribution in [3.63, 3.8) is 0 Å². The van der Waals surface area contributed by atoms with Crippen molar-refractivity contribution in [1.82, 2.24) is 0 Å². The first-order chi connectivity index (χ1) is 10.0. The topological polar surface area (TPSA) is 65.3 Å². The third-order valence-electron chi connectivity index (χ3n) is 3.01. The minimum absolute atomic E-state index is 0.285. The molecule has 0 aromatic heterocycles. The fourth-order valence-electron chi connectivity index (χ4n) is 1.86. The van der Waals surface area contributed by atoms with E-state index < -0.39 is 6.10 Å². The lowest BCUT2D eigenvalue weighted by molar-refractivity contribution is 0.0409. The molecule has 0 bridgehead atoms. The highest BCUT2D eigenvalue weighted by molar-refractivity contribution is 6.30. The zero-order valence-corrected chi connectivity index (χ0v) is 13.4. The Morgan fingerprint density at radius 2 is 2.19 bits per heavy atom. The first-order valence-electron chi connectivity index (χ1n) is 7.22. The van der Waals surface area contributed by atoms with Gasteiger partial charge in [-0.15, -0.1) is 0 Å². The highest BCUT2D eigenvalue weighted by Crippen LogP contribution is 2.20. The highest BCUT2D eigenvalue weighted by atomic mass is 35.5. The lowest BCUT2D eigenvalue weighted by Crippen LogP contribution is -2.25. The van der Waals surface area contributed by atoms with Gasteiger partial charge in [0, 0.05) is 18.2 Å². The van der Waals surface area contributed by atoms with E-state index in [2.05, 4.69) is 25.2 Å². The van der Waals surface area contributed by atoms with Gasteiger partial charge in [-0.05, 0) is 37.0 Å². The Bertz CT molecular complexity index is 472. The molecule has 1 atom stereocenters. The number of nitrogens with zero attached hydrogens (tertiary/aromatic N) is 1. The largest absolute Gasteiger partial charge is 0.389 e. The molecule has 1 unspecified atom stereocenters. The average molecular weight is 311 g/mol. The highest BCUT2D eigenvalue weighted by Gasteiger charge is 2.07. The number of aliphatic hydroxyl groups is 1. The van der Waals surface area contributed by atoms with Crippen molar-refractivity contribution >= 4 is 17.3 Å². The molecule has 0 spiro atoms. The summed E-state index contributed by atoms with van der Waals surface area (Å²) in [5, 5.41) is 22.4. The van der Waals surface area contributed by atoms with Gasteiger partial charge in [-0.1, -0.05) is 25.4 Å². The van der Waals surface area contributed by atoms with Crippen molar-refractivity contribution in [2.45, 2.75) is 32.8 Å². The van der Waals surface area contributed by atoms with E-state index in [4.69, 9.17) is 21.6 Å². The fourth-order valence-corrected chi connectivity index (χ4v) is 2.03. The Balaban J connectivity index is 2.28. The first kappa shape index (κ1) is 17.8. The minimum atomic E-state index is -0.616. The van der Waals surface area contributed by atoms with Gasteiger partial charge < -0.3 is 15.2 Å². The molecule has 4 nitrogen and oxygen atoms in total. The van der Waals surface area contributed by atoms with Gasteiger partial charge in [0.1, 0.15) is 6.07 Å². The first-order valence-corrected chi connectivity index (χ1v) is 7.60. The zero-order valence-electron chi connectivity index (χ0n) is 12.6. The van der Waals surface area contributed by atoms with Crippen LogP contribution in [-0.4, -0.2) is 31.0 Å². The Kier molecular flexibility index (Phi) is 8.14. The number of rotatable bonds is 9. The molecule has 0 amide bonds. The smallest absolute Gasteiger partial charge is 0.101 e. The molecule has 1 aromatic rings. The SMILES string of the molecule is CC(C)CCCOCC(O)CNc1cc(Cl)ccc1C#N. The second kappa shape index (κ2) is 9.62. The number of nitriles is 1. The van der Waals surface area contributed by atoms with Crippen molar-refractivity contribution in [3.8, 4) is 6.07 Å². The summed E-state index contributed by atoms with van der Waals surface area (Å²) in [6, 6.07) is 7.08. The minimum Gasteiger partial charge on any atom is -0.389 e. The van der Waals surface area contributed by atoms with E-state index in [9.17, 15) is 5.11 Å². The summed E-state index contributed by atoms with van der Waals surface area (Å²) in [6.07, 6.45) is 1.52. The normalized spacial score (nSPS) is 12.2. The third kappa shape index (κ3) is 7.33. The third-order valence-corrected chi connectivity index (χ3v) is 3.25. The molecule has 0 saturated heterocycles. The molecule has 5 heteroatoms. The van der Waals surface area contributed by atoms with E-state index in [1.165, 1.54) is 0 Å². The van der Waals surface area contributed by atoms with Crippen LogP contribution in [0.15, 0.2) is 18.2 Å². The summed E-state index contributed by atoms with van der Waals surface area (Å²) in [5.41, 5.74) is 1.13. The number of hydrogen-bond donors (Lipinski definition) is 2. The second-order valence-electron chi connectivity index (χ2n) is 5.45. The molecule has 0 heterocycles. The van der Waals surface area contributed by atoms with E-state index in [1.54, 1.807) is 18.2 Å². The lowest BCUT2D eigenvalue weighted by atomic mass is 10.1. The molecule has 1 aromatic carbocycles. The summed E-state index contributed by atoms with van der Waals surface area (Å²) >= 11 is 5.90. The zero-order chi connectivity index (χ0) is 15.7. The van der Waals surface area contributed by atoms with Crippen LogP contribution in [0.4, 0.5) is 5.69 Å². The van der Waals surface area contributed by atoms with E-state index in [1.807, 2.05) is 0 Å². The standard InChI is InChI=1S/C16H23ClN2O2/c1-12(2)4-3-7-21-11-15(20)10-19-16-8-14(17)6-5-13(16)9-18/h5-6,8,12,15,19-20H,3-4,7,10-11H2,1-2H3. The molecule has 0 fully saturated rings. The molecule has 1 rings (SSSR count). The molecule has 2 N–H and O–H groups in total. The van der Waals surface area contributed by atoms with Gasteiger partial charge in [0.15, 0.2) is 0 Å². The molecule has 0 aliphatic rings. The van der Waals surface area contributed by atoms with Crippen LogP contribution in [0, 0.1) is 17.2 Å². The second-order valence-corrected chi connectivity index (χ2v) is 5.88. The predicted molar refractivity (Wildman–Crippen MR) is 85.6 cm³/mol. The predicted octanol–water partition coefficient (Wildman–Crippen LogP) is 3.44. The number of anilines is 1. The van der Waals surface area contributed by atoms with Gasteiger partial charge in [0.25, 0.3) is 0 Å². The number of ether oxygens (including phenoxy) is 1. The number of aliphatic hydroxyl groups excluding tert-OH is 1. The number of hydrogen-bond acceptors (Lipinski definition) is 4. The summed E-state index contributed by atoms with van der Waals surface area (Å²) < 4.78 is 5.43. The summed E-state index contributed by atoms with van der Waals surface area (Å²) in [6.45, 7) is 5.62. The van der Waals surface area contributed by atoms with E-state index in [0.717, 1.165) is 12.8 Å². The average Bonchev–Trinajstić information content (AvgIpc) is 2.44.